The largest absolute Gasteiger partial charge is 0.426 e. The predicted molar refractivity (Wildman–Crippen MR) is 60.3 cm³/mol. The van der Waals surface area contributed by atoms with Gasteiger partial charge in [0.25, 0.3) is 0 Å². The van der Waals surface area contributed by atoms with Crippen molar-refractivity contribution >= 4 is 16.7 Å². The Balaban J connectivity index is 0.00000112. The first-order valence-electron chi connectivity index (χ1n) is 4.43. The number of carbonyl (C=O) groups is 1. The molecule has 15 heavy (non-hydrogen) atoms. The van der Waals surface area contributed by atoms with E-state index in [1.807, 2.05) is 36.4 Å². The van der Waals surface area contributed by atoms with Crippen molar-refractivity contribution in [3.63, 3.8) is 0 Å². The van der Waals surface area contributed by atoms with E-state index < -0.39 is 0 Å². The molecule has 0 spiro atoms. The number of rotatable bonds is 1. The molecule has 0 unspecified atom stereocenters. The first-order valence-corrected chi connectivity index (χ1v) is 4.43. The van der Waals surface area contributed by atoms with Crippen LogP contribution in [0.25, 0.3) is 10.8 Å². The van der Waals surface area contributed by atoms with Crippen molar-refractivity contribution in [2.45, 2.75) is 6.92 Å². The highest BCUT2D eigenvalue weighted by Gasteiger charge is 2.02. The van der Waals surface area contributed by atoms with Gasteiger partial charge < -0.3 is 10.9 Å². The van der Waals surface area contributed by atoms with Crippen molar-refractivity contribution in [1.82, 2.24) is 6.15 Å². The Kier molecular flexibility index (Phi) is 3.42. The third kappa shape index (κ3) is 2.33. The van der Waals surface area contributed by atoms with E-state index in [4.69, 9.17) is 4.74 Å². The summed E-state index contributed by atoms with van der Waals surface area (Å²) in [5, 5.41) is 2.04. The zero-order valence-corrected chi connectivity index (χ0v) is 8.57. The van der Waals surface area contributed by atoms with Crippen LogP contribution in [0.5, 0.6) is 5.75 Å². The van der Waals surface area contributed by atoms with Crippen LogP contribution in [-0.2, 0) is 4.79 Å². The average Bonchev–Trinajstić information content (AvgIpc) is 2.18. The van der Waals surface area contributed by atoms with Gasteiger partial charge in [-0.25, -0.2) is 0 Å². The fourth-order valence-corrected chi connectivity index (χ4v) is 1.44. The summed E-state index contributed by atoms with van der Waals surface area (Å²) in [5.41, 5.74) is 0. The highest BCUT2D eigenvalue weighted by atomic mass is 16.5. The van der Waals surface area contributed by atoms with Crippen molar-refractivity contribution in [3.8, 4) is 5.75 Å². The molecule has 3 nitrogen and oxygen atoms in total. The lowest BCUT2D eigenvalue weighted by molar-refractivity contribution is -0.131. The number of ether oxygens (including phenoxy) is 1. The van der Waals surface area contributed by atoms with Gasteiger partial charge in [-0.15, -0.1) is 0 Å². The van der Waals surface area contributed by atoms with Crippen LogP contribution in [0.4, 0.5) is 0 Å². The molecular weight excluding hydrogens is 190 g/mol. The van der Waals surface area contributed by atoms with Gasteiger partial charge >= 0.3 is 5.97 Å². The van der Waals surface area contributed by atoms with Crippen LogP contribution in [-0.4, -0.2) is 5.97 Å². The van der Waals surface area contributed by atoms with Crippen LogP contribution < -0.4 is 10.9 Å². The van der Waals surface area contributed by atoms with E-state index in [-0.39, 0.29) is 12.1 Å². The maximum atomic E-state index is 10.8. The zero-order chi connectivity index (χ0) is 9.97. The highest BCUT2D eigenvalue weighted by Crippen LogP contribution is 2.24. The molecule has 0 amide bonds. The second-order valence-electron chi connectivity index (χ2n) is 3.07. The molecule has 2 aromatic rings. The summed E-state index contributed by atoms with van der Waals surface area (Å²) in [5.74, 6) is 0.331. The van der Waals surface area contributed by atoms with Crippen molar-refractivity contribution in [3.05, 3.63) is 42.5 Å². The van der Waals surface area contributed by atoms with Gasteiger partial charge in [-0.2, -0.15) is 0 Å². The summed E-state index contributed by atoms with van der Waals surface area (Å²) in [6.07, 6.45) is 0. The van der Waals surface area contributed by atoms with E-state index >= 15 is 0 Å². The fraction of sp³-hybridized carbons (Fsp3) is 0.0833. The van der Waals surface area contributed by atoms with E-state index in [1.54, 1.807) is 6.07 Å². The predicted octanol–water partition coefficient (Wildman–Crippen LogP) is 2.93. The summed E-state index contributed by atoms with van der Waals surface area (Å²) in [7, 11) is 0. The minimum Gasteiger partial charge on any atom is -0.426 e. The average molecular weight is 203 g/mol. The van der Waals surface area contributed by atoms with Crippen LogP contribution in [0, 0.1) is 0 Å². The molecular formula is C12H13NO2. The Bertz CT molecular complexity index is 475. The van der Waals surface area contributed by atoms with Gasteiger partial charge in [0.15, 0.2) is 0 Å². The van der Waals surface area contributed by atoms with E-state index in [0.29, 0.717) is 5.75 Å². The number of hydrogen-bond donors (Lipinski definition) is 1. The van der Waals surface area contributed by atoms with E-state index in [0.717, 1.165) is 10.8 Å². The maximum Gasteiger partial charge on any atom is 0.308 e. The van der Waals surface area contributed by atoms with Gasteiger partial charge in [-0.1, -0.05) is 36.4 Å². The molecule has 0 aliphatic carbocycles. The minimum absolute atomic E-state index is 0. The van der Waals surface area contributed by atoms with Crippen LogP contribution in [0.2, 0.25) is 0 Å². The lowest BCUT2D eigenvalue weighted by Crippen LogP contribution is -2.01. The second-order valence-corrected chi connectivity index (χ2v) is 3.07. The third-order valence-electron chi connectivity index (χ3n) is 2.00. The third-order valence-corrected chi connectivity index (χ3v) is 2.00. The Labute approximate surface area is 88.3 Å². The van der Waals surface area contributed by atoms with Crippen LogP contribution in [0.3, 0.4) is 0 Å². The Morgan fingerprint density at radius 2 is 1.73 bits per heavy atom. The van der Waals surface area contributed by atoms with Gasteiger partial charge in [0, 0.05) is 12.3 Å². The molecule has 0 aromatic heterocycles. The van der Waals surface area contributed by atoms with Gasteiger partial charge in [0.2, 0.25) is 0 Å². The lowest BCUT2D eigenvalue weighted by Gasteiger charge is -2.04. The smallest absolute Gasteiger partial charge is 0.308 e. The molecule has 0 bridgehead atoms. The summed E-state index contributed by atoms with van der Waals surface area (Å²) < 4.78 is 5.09. The summed E-state index contributed by atoms with van der Waals surface area (Å²) >= 11 is 0. The summed E-state index contributed by atoms with van der Waals surface area (Å²) in [6.45, 7) is 1.40. The first-order chi connectivity index (χ1) is 6.77. The minimum atomic E-state index is -0.290. The van der Waals surface area contributed by atoms with Crippen molar-refractivity contribution in [2.75, 3.05) is 0 Å². The van der Waals surface area contributed by atoms with Crippen LogP contribution >= 0.6 is 0 Å². The quantitative estimate of drug-likeness (QED) is 0.572. The summed E-state index contributed by atoms with van der Waals surface area (Å²) in [4.78, 5) is 10.8. The Morgan fingerprint density at radius 1 is 1.07 bits per heavy atom. The van der Waals surface area contributed by atoms with Crippen molar-refractivity contribution in [2.24, 2.45) is 0 Å². The lowest BCUT2D eigenvalue weighted by atomic mass is 10.1. The van der Waals surface area contributed by atoms with E-state index in [9.17, 15) is 4.79 Å². The maximum absolute atomic E-state index is 10.8. The van der Waals surface area contributed by atoms with Gasteiger partial charge in [-0.05, 0) is 11.5 Å². The Hall–Kier alpha value is -1.87. The van der Waals surface area contributed by atoms with Crippen LogP contribution in [0.1, 0.15) is 6.92 Å². The monoisotopic (exact) mass is 203 g/mol. The summed E-state index contributed by atoms with van der Waals surface area (Å²) in [6, 6.07) is 13.5. The second kappa shape index (κ2) is 4.57. The number of fused-ring (bicyclic) bond motifs is 1. The number of benzene rings is 2. The molecule has 0 aliphatic rings. The molecule has 0 fully saturated rings. The van der Waals surface area contributed by atoms with Crippen LogP contribution in [0.15, 0.2) is 42.5 Å². The highest BCUT2D eigenvalue weighted by molar-refractivity contribution is 5.90. The van der Waals surface area contributed by atoms with Crippen molar-refractivity contribution < 1.29 is 9.53 Å². The first kappa shape index (κ1) is 11.2. The molecule has 3 heteroatoms. The van der Waals surface area contributed by atoms with Gasteiger partial charge in [-0.3, -0.25) is 4.79 Å². The molecule has 3 N–H and O–H groups in total. The van der Waals surface area contributed by atoms with Gasteiger partial charge in [0.1, 0.15) is 5.75 Å². The molecule has 0 saturated heterocycles. The molecule has 0 saturated carbocycles. The SMILES string of the molecule is CC(=O)Oc1cccc2ccccc12.N. The molecule has 0 aliphatic heterocycles. The number of hydrogen-bond acceptors (Lipinski definition) is 3. The number of carbonyl (C=O) groups excluding carboxylic acids is 1. The topological polar surface area (TPSA) is 61.3 Å². The molecule has 0 heterocycles. The zero-order valence-electron chi connectivity index (χ0n) is 8.57. The molecule has 0 radical (unpaired) electrons. The normalized spacial score (nSPS) is 9.40. The number of esters is 1. The van der Waals surface area contributed by atoms with Gasteiger partial charge in [0.05, 0.1) is 0 Å². The van der Waals surface area contributed by atoms with E-state index in [1.165, 1.54) is 6.92 Å². The molecule has 2 aromatic carbocycles. The van der Waals surface area contributed by atoms with Crippen molar-refractivity contribution in [1.29, 1.82) is 0 Å². The van der Waals surface area contributed by atoms with E-state index in [2.05, 4.69) is 0 Å². The Morgan fingerprint density at radius 3 is 2.47 bits per heavy atom. The fourth-order valence-electron chi connectivity index (χ4n) is 1.44. The molecule has 0 atom stereocenters. The standard InChI is InChI=1S/C12H10O2.H3N/c1-9(13)14-12-8-4-6-10-5-2-3-7-11(10)12;/h2-8H,1H3;1H3. The molecule has 2 rings (SSSR count). The molecule has 78 valence electrons.